The van der Waals surface area contributed by atoms with Gasteiger partial charge < -0.3 is 16.2 Å². The number of hydrogen-bond acceptors (Lipinski definition) is 6. The predicted molar refractivity (Wildman–Crippen MR) is 110 cm³/mol. The van der Waals surface area contributed by atoms with Gasteiger partial charge >= 0.3 is 5.69 Å². The lowest BCUT2D eigenvalue weighted by molar-refractivity contribution is 0.265. The first-order chi connectivity index (χ1) is 14.1. The third-order valence-electron chi connectivity index (χ3n) is 5.27. The Kier molecular flexibility index (Phi) is 4.06. The van der Waals surface area contributed by atoms with Gasteiger partial charge in [-0.3, -0.25) is 9.13 Å². The molecule has 0 aliphatic heterocycles. The van der Waals surface area contributed by atoms with Crippen LogP contribution in [0.3, 0.4) is 0 Å². The maximum Gasteiger partial charge on any atom is 0.335 e. The predicted octanol–water partition coefficient (Wildman–Crippen LogP) is 2.62. The van der Waals surface area contributed by atoms with Crippen LogP contribution in [-0.4, -0.2) is 25.1 Å². The highest BCUT2D eigenvalue weighted by molar-refractivity contribution is 5.84. The third kappa shape index (κ3) is 2.94. The van der Waals surface area contributed by atoms with Gasteiger partial charge in [0, 0.05) is 12.1 Å². The molecular formula is C21H20N6O2. The van der Waals surface area contributed by atoms with Gasteiger partial charge in [-0.05, 0) is 49.2 Å². The molecule has 0 atom stereocenters. The first-order valence-corrected chi connectivity index (χ1v) is 9.44. The topological polar surface area (TPSA) is 114 Å². The smallest absolute Gasteiger partial charge is 0.335 e. The van der Waals surface area contributed by atoms with Gasteiger partial charge in [-0.25, -0.2) is 14.8 Å². The van der Waals surface area contributed by atoms with Crippen LogP contribution >= 0.6 is 0 Å². The quantitative estimate of drug-likeness (QED) is 0.555. The van der Waals surface area contributed by atoms with Crippen LogP contribution in [-0.2, 0) is 0 Å². The van der Waals surface area contributed by atoms with E-state index in [0.29, 0.717) is 22.6 Å². The van der Waals surface area contributed by atoms with E-state index in [-0.39, 0.29) is 23.6 Å². The summed E-state index contributed by atoms with van der Waals surface area (Å²) in [7, 11) is 0. The number of nitrogens with two attached hydrogens (primary N) is 2. The van der Waals surface area contributed by atoms with Crippen LogP contribution in [0.1, 0.15) is 18.9 Å². The van der Waals surface area contributed by atoms with E-state index in [1.54, 1.807) is 9.13 Å². The van der Waals surface area contributed by atoms with E-state index in [1.165, 1.54) is 6.33 Å². The molecule has 1 aliphatic rings. The van der Waals surface area contributed by atoms with Crippen molar-refractivity contribution in [1.29, 1.82) is 0 Å². The third-order valence-corrected chi connectivity index (χ3v) is 5.27. The molecule has 146 valence electrons. The molecule has 2 aromatic heterocycles. The molecule has 0 unspecified atom stereocenters. The Bertz CT molecular complexity index is 1220. The molecule has 0 amide bonds. The second kappa shape index (κ2) is 6.75. The maximum atomic E-state index is 13.3. The van der Waals surface area contributed by atoms with Crippen LogP contribution in [0.4, 0.5) is 5.82 Å². The molecule has 0 radical (unpaired) electrons. The summed E-state index contributed by atoms with van der Waals surface area (Å²) in [5, 5.41) is 0. The van der Waals surface area contributed by atoms with Crippen molar-refractivity contribution in [3.05, 3.63) is 71.4 Å². The number of rotatable bonds is 4. The Morgan fingerprint density at radius 3 is 2.34 bits per heavy atom. The number of hydrogen-bond donors (Lipinski definition) is 2. The molecule has 1 saturated carbocycles. The van der Waals surface area contributed by atoms with Gasteiger partial charge in [-0.1, -0.05) is 18.2 Å². The van der Waals surface area contributed by atoms with Crippen LogP contribution in [0.2, 0.25) is 0 Å². The van der Waals surface area contributed by atoms with E-state index in [4.69, 9.17) is 16.2 Å². The lowest BCUT2D eigenvalue weighted by Gasteiger charge is -2.32. The summed E-state index contributed by atoms with van der Waals surface area (Å²) in [6.07, 6.45) is 2.87. The molecule has 5 rings (SSSR count). The lowest BCUT2D eigenvalue weighted by atomic mass is 9.87. The van der Waals surface area contributed by atoms with E-state index >= 15 is 0 Å². The van der Waals surface area contributed by atoms with Gasteiger partial charge in [0.2, 0.25) is 0 Å². The highest BCUT2D eigenvalue weighted by Gasteiger charge is 2.32. The SMILES string of the molecule is Nc1ncnc2c1n(-c1ccc(Oc3ccccc3)cc1)c(=O)n2C1CC(N)C1. The molecule has 2 aromatic carbocycles. The summed E-state index contributed by atoms with van der Waals surface area (Å²) in [6, 6.07) is 16.9. The fourth-order valence-corrected chi connectivity index (χ4v) is 3.76. The fraction of sp³-hybridized carbons (Fsp3) is 0.190. The summed E-state index contributed by atoms with van der Waals surface area (Å²) in [6.45, 7) is 0. The minimum atomic E-state index is -0.194. The van der Waals surface area contributed by atoms with E-state index in [0.717, 1.165) is 18.6 Å². The standard InChI is InChI=1S/C21H20N6O2/c22-13-10-15(11-13)27-20-18(19(23)24-12-25-20)26(21(27)28)14-6-8-17(9-7-14)29-16-4-2-1-3-5-16/h1-9,12-13,15H,10-11,22H2,(H2,23,24,25). The number of imidazole rings is 1. The minimum absolute atomic E-state index is 0.0243. The largest absolute Gasteiger partial charge is 0.457 e. The Morgan fingerprint density at radius 1 is 0.966 bits per heavy atom. The Balaban J connectivity index is 1.58. The van der Waals surface area contributed by atoms with Gasteiger partial charge in [0.05, 0.1) is 5.69 Å². The number of anilines is 1. The Morgan fingerprint density at radius 2 is 1.66 bits per heavy atom. The fourth-order valence-electron chi connectivity index (χ4n) is 3.76. The number of benzene rings is 2. The van der Waals surface area contributed by atoms with Crippen molar-refractivity contribution >= 4 is 17.0 Å². The van der Waals surface area contributed by atoms with Gasteiger partial charge in [0.25, 0.3) is 0 Å². The summed E-state index contributed by atoms with van der Waals surface area (Å²) in [5.74, 6) is 1.68. The van der Waals surface area contributed by atoms with Gasteiger partial charge in [0.1, 0.15) is 23.3 Å². The number of ether oxygens (including phenoxy) is 1. The lowest BCUT2D eigenvalue weighted by Crippen LogP contribution is -2.41. The molecule has 4 N–H and O–H groups in total. The normalized spacial score (nSPS) is 18.5. The zero-order chi connectivity index (χ0) is 20.0. The van der Waals surface area contributed by atoms with Crippen LogP contribution in [0, 0.1) is 0 Å². The van der Waals surface area contributed by atoms with Gasteiger partial charge in [0.15, 0.2) is 11.5 Å². The van der Waals surface area contributed by atoms with Crippen LogP contribution in [0.15, 0.2) is 65.7 Å². The van der Waals surface area contributed by atoms with E-state index in [2.05, 4.69) is 9.97 Å². The first kappa shape index (κ1) is 17.4. The van der Waals surface area contributed by atoms with Crippen LogP contribution < -0.4 is 21.9 Å². The monoisotopic (exact) mass is 388 g/mol. The Labute approximate surface area is 166 Å². The Hall–Kier alpha value is -3.65. The van der Waals surface area contributed by atoms with E-state index < -0.39 is 0 Å². The number of nitrogen functional groups attached to an aromatic ring is 1. The number of nitrogens with zero attached hydrogens (tertiary/aromatic N) is 4. The van der Waals surface area contributed by atoms with Crippen LogP contribution in [0.25, 0.3) is 16.9 Å². The van der Waals surface area contributed by atoms with Crippen LogP contribution in [0.5, 0.6) is 11.5 Å². The maximum absolute atomic E-state index is 13.3. The van der Waals surface area contributed by atoms with Crippen molar-refractivity contribution < 1.29 is 4.74 Å². The molecule has 1 aliphatic carbocycles. The number of fused-ring (bicyclic) bond motifs is 1. The molecule has 8 nitrogen and oxygen atoms in total. The molecule has 1 fully saturated rings. The molecule has 29 heavy (non-hydrogen) atoms. The molecule has 0 saturated heterocycles. The van der Waals surface area contributed by atoms with Gasteiger partial charge in [-0.15, -0.1) is 0 Å². The average molecular weight is 388 g/mol. The summed E-state index contributed by atoms with van der Waals surface area (Å²) < 4.78 is 9.08. The van der Waals surface area contributed by atoms with Crippen molar-refractivity contribution in [3.8, 4) is 17.2 Å². The van der Waals surface area contributed by atoms with Crippen molar-refractivity contribution in [3.63, 3.8) is 0 Å². The first-order valence-electron chi connectivity index (χ1n) is 9.44. The van der Waals surface area contributed by atoms with Crippen molar-refractivity contribution in [1.82, 2.24) is 19.1 Å². The summed E-state index contributed by atoms with van der Waals surface area (Å²) >= 11 is 0. The summed E-state index contributed by atoms with van der Waals surface area (Å²) in [4.78, 5) is 21.7. The average Bonchev–Trinajstić information content (AvgIpc) is 3.00. The van der Waals surface area contributed by atoms with Gasteiger partial charge in [-0.2, -0.15) is 0 Å². The molecule has 0 spiro atoms. The second-order valence-corrected chi connectivity index (χ2v) is 7.21. The zero-order valence-corrected chi connectivity index (χ0v) is 15.6. The number of para-hydroxylation sites is 1. The highest BCUT2D eigenvalue weighted by Crippen LogP contribution is 2.33. The minimum Gasteiger partial charge on any atom is -0.457 e. The molecule has 4 aromatic rings. The second-order valence-electron chi connectivity index (χ2n) is 7.21. The van der Waals surface area contributed by atoms with Crippen molar-refractivity contribution in [2.45, 2.75) is 24.9 Å². The van der Waals surface area contributed by atoms with E-state index in [1.807, 2.05) is 54.6 Å². The highest BCUT2D eigenvalue weighted by atomic mass is 16.5. The molecule has 2 heterocycles. The molecule has 8 heteroatoms. The molecule has 0 bridgehead atoms. The van der Waals surface area contributed by atoms with Crippen molar-refractivity contribution in [2.24, 2.45) is 5.73 Å². The summed E-state index contributed by atoms with van der Waals surface area (Å²) in [5.41, 5.74) is 13.6. The molecular weight excluding hydrogens is 368 g/mol. The van der Waals surface area contributed by atoms with Crippen molar-refractivity contribution in [2.75, 3.05) is 5.73 Å². The number of aromatic nitrogens is 4. The zero-order valence-electron chi connectivity index (χ0n) is 15.6. The van der Waals surface area contributed by atoms with E-state index in [9.17, 15) is 4.79 Å².